The van der Waals surface area contributed by atoms with Crippen LogP contribution in [0.1, 0.15) is 36.6 Å². The number of amides is 2. The molecule has 15 heteroatoms. The third kappa shape index (κ3) is 4.87. The second-order valence-corrected chi connectivity index (χ2v) is 14.0. The van der Waals surface area contributed by atoms with Crippen molar-refractivity contribution in [3.63, 3.8) is 0 Å². The summed E-state index contributed by atoms with van der Waals surface area (Å²) in [5.41, 5.74) is -0.359. The van der Waals surface area contributed by atoms with Crippen molar-refractivity contribution in [3.8, 4) is 23.0 Å². The number of carbonyl (C=O) groups is 2. The zero-order valence-electron chi connectivity index (χ0n) is 30.3. The smallest absolute Gasteiger partial charge is 0.347 e. The predicted molar refractivity (Wildman–Crippen MR) is 196 cm³/mol. The molecular formula is C39H38N6O9. The normalized spacial score (nSPS) is 21.8. The molecule has 1 saturated carbocycles. The van der Waals surface area contributed by atoms with E-state index in [0.717, 1.165) is 4.57 Å². The Hall–Kier alpha value is -6.38. The molecule has 0 unspecified atom stereocenters. The van der Waals surface area contributed by atoms with Gasteiger partial charge >= 0.3 is 11.4 Å². The molecule has 1 saturated heterocycles. The lowest BCUT2D eigenvalue weighted by molar-refractivity contribution is -0.129. The summed E-state index contributed by atoms with van der Waals surface area (Å²) in [6.07, 6.45) is 1.85. The van der Waals surface area contributed by atoms with Gasteiger partial charge in [-0.1, -0.05) is 30.3 Å². The van der Waals surface area contributed by atoms with Crippen molar-refractivity contribution in [2.24, 2.45) is 18.4 Å². The Morgan fingerprint density at radius 1 is 0.907 bits per heavy atom. The fourth-order valence-electron chi connectivity index (χ4n) is 8.67. The number of aryl methyl sites for hydroxylation is 2. The molecule has 0 spiro atoms. The summed E-state index contributed by atoms with van der Waals surface area (Å²) < 4.78 is 21.3. The summed E-state index contributed by atoms with van der Waals surface area (Å²) in [7, 11) is 6.07. The molecule has 2 fully saturated rings. The minimum Gasteiger partial charge on any atom is -0.508 e. The van der Waals surface area contributed by atoms with E-state index in [9.17, 15) is 29.1 Å². The van der Waals surface area contributed by atoms with Gasteiger partial charge in [0.25, 0.3) is 5.56 Å². The number of hydrogen-bond donors (Lipinski definition) is 1. The van der Waals surface area contributed by atoms with Crippen molar-refractivity contribution in [2.75, 3.05) is 26.2 Å². The lowest BCUT2D eigenvalue weighted by Gasteiger charge is -2.47. The van der Waals surface area contributed by atoms with E-state index in [-0.39, 0.29) is 37.4 Å². The predicted octanol–water partition coefficient (Wildman–Crippen LogP) is 2.90. The fraction of sp³-hybridized carbons (Fsp3) is 0.333. The molecule has 5 aromatic rings. The molecule has 54 heavy (non-hydrogen) atoms. The molecule has 278 valence electrons. The number of hydrogen-bond acceptors (Lipinski definition) is 10. The SMILES string of the molecule is COc1ccc([C@H]2C3=CCn4c(=O)n(CCc5nc6cc(OC)c(OC)cc6n(C)c5=O)c(=O)n4[C@@H]3C[C@H]3C(=O)N(c4ccccc4)C(=O)[C@@]23C)c(O)c1. The number of aromatic nitrogens is 5. The van der Waals surface area contributed by atoms with Crippen LogP contribution in [-0.4, -0.2) is 61.7 Å². The van der Waals surface area contributed by atoms with E-state index in [1.807, 2.05) is 6.08 Å². The lowest BCUT2D eigenvalue weighted by atomic mass is 9.56. The lowest BCUT2D eigenvalue weighted by Crippen LogP contribution is -2.49. The van der Waals surface area contributed by atoms with Crippen LogP contribution in [0, 0.1) is 11.3 Å². The second kappa shape index (κ2) is 12.6. The van der Waals surface area contributed by atoms with Gasteiger partial charge in [-0.05, 0) is 37.1 Å². The van der Waals surface area contributed by atoms with Crippen LogP contribution >= 0.6 is 0 Å². The summed E-state index contributed by atoms with van der Waals surface area (Å²) in [6.45, 7) is 1.60. The van der Waals surface area contributed by atoms with Crippen molar-refractivity contribution in [3.05, 3.63) is 115 Å². The van der Waals surface area contributed by atoms with Crippen molar-refractivity contribution in [1.29, 1.82) is 0 Å². The van der Waals surface area contributed by atoms with Crippen LogP contribution in [0.5, 0.6) is 23.0 Å². The summed E-state index contributed by atoms with van der Waals surface area (Å²) in [4.78, 5) is 76.4. The first-order valence-electron chi connectivity index (χ1n) is 17.5. The number of ether oxygens (including phenoxy) is 3. The number of anilines is 1. The molecule has 2 aromatic heterocycles. The molecular weight excluding hydrogens is 696 g/mol. The van der Waals surface area contributed by atoms with E-state index < -0.39 is 52.0 Å². The second-order valence-electron chi connectivity index (χ2n) is 14.0. The highest BCUT2D eigenvalue weighted by Crippen LogP contribution is 2.62. The van der Waals surface area contributed by atoms with Crippen LogP contribution in [0.2, 0.25) is 0 Å². The van der Waals surface area contributed by atoms with Crippen LogP contribution < -0.4 is 36.0 Å². The number of nitrogens with zero attached hydrogens (tertiary/aromatic N) is 6. The Balaban J connectivity index is 1.21. The third-order valence-electron chi connectivity index (χ3n) is 11.4. The zero-order chi connectivity index (χ0) is 38.2. The zero-order valence-corrected chi connectivity index (χ0v) is 30.3. The minimum absolute atomic E-state index is 0.00320. The Kier molecular flexibility index (Phi) is 8.12. The van der Waals surface area contributed by atoms with Crippen LogP contribution in [-0.2, 0) is 36.1 Å². The molecule has 0 radical (unpaired) electrons. The van der Waals surface area contributed by atoms with E-state index in [1.165, 1.54) is 46.2 Å². The average Bonchev–Trinajstić information content (AvgIpc) is 3.54. The third-order valence-corrected chi connectivity index (χ3v) is 11.4. The first-order valence-corrected chi connectivity index (χ1v) is 17.5. The van der Waals surface area contributed by atoms with Crippen molar-refractivity contribution in [2.45, 2.75) is 44.8 Å². The number of aromatic hydroxyl groups is 1. The van der Waals surface area contributed by atoms with Gasteiger partial charge in [0.05, 0.1) is 62.0 Å². The fourth-order valence-corrected chi connectivity index (χ4v) is 8.67. The molecule has 4 atom stereocenters. The van der Waals surface area contributed by atoms with E-state index in [1.54, 1.807) is 68.6 Å². The Labute approximate surface area is 307 Å². The molecule has 1 N–H and O–H groups in total. The van der Waals surface area contributed by atoms with Crippen molar-refractivity contribution >= 4 is 28.5 Å². The van der Waals surface area contributed by atoms with E-state index in [2.05, 4.69) is 4.98 Å². The van der Waals surface area contributed by atoms with E-state index in [0.29, 0.717) is 45.1 Å². The van der Waals surface area contributed by atoms with Gasteiger partial charge < -0.3 is 23.9 Å². The van der Waals surface area contributed by atoms with Gasteiger partial charge in [0.2, 0.25) is 11.8 Å². The first-order chi connectivity index (χ1) is 25.9. The highest BCUT2D eigenvalue weighted by atomic mass is 16.5. The van der Waals surface area contributed by atoms with Crippen molar-refractivity contribution < 1.29 is 28.9 Å². The molecule has 2 amide bonds. The van der Waals surface area contributed by atoms with Crippen LogP contribution in [0.4, 0.5) is 5.69 Å². The van der Waals surface area contributed by atoms with Crippen LogP contribution in [0.25, 0.3) is 11.0 Å². The number of fused-ring (bicyclic) bond motifs is 5. The molecule has 8 rings (SSSR count). The largest absolute Gasteiger partial charge is 0.508 e. The number of phenolic OH excluding ortho intramolecular Hbond substituents is 1. The number of rotatable bonds is 8. The number of para-hydroxylation sites is 1. The van der Waals surface area contributed by atoms with E-state index >= 15 is 0 Å². The summed E-state index contributed by atoms with van der Waals surface area (Å²) in [5, 5.41) is 11.4. The number of benzene rings is 3. The van der Waals surface area contributed by atoms with Gasteiger partial charge in [0, 0.05) is 49.7 Å². The van der Waals surface area contributed by atoms with Crippen LogP contribution in [0.15, 0.2) is 86.7 Å². The quantitative estimate of drug-likeness (QED) is 0.185. The monoisotopic (exact) mass is 734 g/mol. The topological polar surface area (TPSA) is 169 Å². The van der Waals surface area contributed by atoms with Gasteiger partial charge in [0.15, 0.2) is 11.5 Å². The molecule has 3 aliphatic rings. The summed E-state index contributed by atoms with van der Waals surface area (Å²) >= 11 is 0. The standard InChI is InChI=1S/C39H38N6O9/c1-39-25(34(47)44(36(39)49)21-9-7-6-8-10-21)18-28-23(33(39)24-12-11-22(52-3)17-30(24)46)13-16-43-37(50)42(38(51)45(28)43)15-14-26-35(48)41(2)29-20-32(54-5)31(53-4)19-27(29)40-26/h6-13,17,19-20,25,28,33,46H,14-16,18H2,1-5H3/t25-,28+,33+,39+/m0/s1. The molecule has 1 aliphatic carbocycles. The maximum Gasteiger partial charge on any atom is 0.347 e. The Morgan fingerprint density at radius 3 is 2.31 bits per heavy atom. The maximum absolute atomic E-state index is 14.6. The van der Waals surface area contributed by atoms with Crippen molar-refractivity contribution in [1.82, 2.24) is 23.5 Å². The van der Waals surface area contributed by atoms with E-state index in [4.69, 9.17) is 14.2 Å². The highest BCUT2D eigenvalue weighted by molar-refractivity contribution is 6.24. The van der Waals surface area contributed by atoms with Gasteiger partial charge in [-0.2, -0.15) is 0 Å². The molecule has 0 bridgehead atoms. The molecule has 3 aromatic carbocycles. The van der Waals surface area contributed by atoms with Gasteiger partial charge in [0.1, 0.15) is 17.2 Å². The number of methoxy groups -OCH3 is 3. The van der Waals surface area contributed by atoms with Gasteiger partial charge in [-0.25, -0.2) is 33.4 Å². The van der Waals surface area contributed by atoms with Gasteiger partial charge in [-0.15, -0.1) is 0 Å². The maximum atomic E-state index is 14.6. The van der Waals surface area contributed by atoms with Crippen LogP contribution in [0.3, 0.4) is 0 Å². The average molecular weight is 735 g/mol. The number of phenols is 1. The van der Waals surface area contributed by atoms with Gasteiger partial charge in [-0.3, -0.25) is 14.4 Å². The number of carbonyl (C=O) groups excluding carboxylic acids is 2. The first kappa shape index (κ1) is 34.7. The Bertz CT molecular complexity index is 2600. The summed E-state index contributed by atoms with van der Waals surface area (Å²) in [6, 6.07) is 16.0. The number of allylic oxidation sites excluding steroid dienone is 2. The molecule has 15 nitrogen and oxygen atoms in total. The minimum atomic E-state index is -1.34. The summed E-state index contributed by atoms with van der Waals surface area (Å²) in [5.74, 6) is -1.45. The molecule has 2 aliphatic heterocycles. The molecule has 4 heterocycles. The number of imide groups is 1. The highest BCUT2D eigenvalue weighted by Gasteiger charge is 2.65. The Morgan fingerprint density at radius 2 is 1.63 bits per heavy atom.